The second-order valence-corrected chi connectivity index (χ2v) is 5.46. The lowest BCUT2D eigenvalue weighted by atomic mass is 10.2. The molecule has 1 aliphatic rings. The summed E-state index contributed by atoms with van der Waals surface area (Å²) in [6.45, 7) is 3.68. The van der Waals surface area contributed by atoms with Crippen LogP contribution in [0.4, 0.5) is 5.13 Å². The van der Waals surface area contributed by atoms with Crippen LogP contribution < -0.4 is 5.32 Å². The fourth-order valence-electron chi connectivity index (χ4n) is 2.12. The van der Waals surface area contributed by atoms with Gasteiger partial charge in [0.2, 0.25) is 5.13 Å². The van der Waals surface area contributed by atoms with Crippen molar-refractivity contribution in [1.82, 2.24) is 14.6 Å². The summed E-state index contributed by atoms with van der Waals surface area (Å²) >= 11 is 1.39. The molecule has 0 aliphatic carbocycles. The summed E-state index contributed by atoms with van der Waals surface area (Å²) in [5.41, 5.74) is 0.314. The summed E-state index contributed by atoms with van der Waals surface area (Å²) in [4.78, 5) is 16.5. The first-order valence-corrected chi connectivity index (χ1v) is 7.46. The summed E-state index contributed by atoms with van der Waals surface area (Å²) < 4.78 is 12.1. The highest BCUT2D eigenvalue weighted by atomic mass is 32.1. The molecule has 1 fully saturated rings. The molecule has 7 nitrogen and oxygen atoms in total. The van der Waals surface area contributed by atoms with E-state index in [2.05, 4.69) is 15.4 Å². The van der Waals surface area contributed by atoms with Crippen LogP contribution >= 0.6 is 11.3 Å². The largest absolute Gasteiger partial charge is 0.461 e. The number of esters is 1. The highest BCUT2D eigenvalue weighted by Gasteiger charge is 2.19. The average molecular weight is 296 g/mol. The maximum atomic E-state index is 11.7. The monoisotopic (exact) mass is 296 g/mol. The molecule has 1 unspecified atom stereocenters. The fourth-order valence-corrected chi connectivity index (χ4v) is 3.00. The number of anilines is 1. The predicted molar refractivity (Wildman–Crippen MR) is 74.3 cm³/mol. The van der Waals surface area contributed by atoms with E-state index in [1.54, 1.807) is 11.4 Å². The molecular weight excluding hydrogens is 280 g/mol. The van der Waals surface area contributed by atoms with Crippen LogP contribution in [0.15, 0.2) is 6.33 Å². The molecule has 0 bridgehead atoms. The number of hydrogen-bond donors (Lipinski definition) is 1. The molecule has 3 heterocycles. The number of aromatic nitrogens is 3. The minimum atomic E-state index is -0.413. The van der Waals surface area contributed by atoms with Gasteiger partial charge in [0.05, 0.1) is 12.7 Å². The third-order valence-electron chi connectivity index (χ3n) is 3.07. The van der Waals surface area contributed by atoms with Crippen molar-refractivity contribution in [3.05, 3.63) is 12.0 Å². The van der Waals surface area contributed by atoms with Crippen molar-refractivity contribution in [2.24, 2.45) is 0 Å². The SMILES string of the molecule is CCOC(=O)c1ncn2nc(NCC3CCCO3)sc12. The normalized spacial score (nSPS) is 18.6. The van der Waals surface area contributed by atoms with Gasteiger partial charge >= 0.3 is 5.97 Å². The van der Waals surface area contributed by atoms with Gasteiger partial charge in [-0.3, -0.25) is 0 Å². The van der Waals surface area contributed by atoms with E-state index < -0.39 is 5.97 Å². The first-order valence-electron chi connectivity index (χ1n) is 6.64. The molecule has 8 heteroatoms. The molecular formula is C12H16N4O3S. The average Bonchev–Trinajstić information content (AvgIpc) is 3.13. The number of imidazole rings is 1. The molecule has 0 radical (unpaired) electrons. The lowest BCUT2D eigenvalue weighted by molar-refractivity contribution is 0.0522. The predicted octanol–water partition coefficient (Wildman–Crippen LogP) is 1.56. The Balaban J connectivity index is 1.71. The number of rotatable bonds is 5. The summed E-state index contributed by atoms with van der Waals surface area (Å²) in [7, 11) is 0. The summed E-state index contributed by atoms with van der Waals surface area (Å²) in [5, 5.41) is 8.33. The van der Waals surface area contributed by atoms with Crippen LogP contribution in [0.5, 0.6) is 0 Å². The van der Waals surface area contributed by atoms with Crippen molar-refractivity contribution >= 4 is 27.3 Å². The second kappa shape index (κ2) is 5.76. The van der Waals surface area contributed by atoms with E-state index in [-0.39, 0.29) is 6.10 Å². The van der Waals surface area contributed by atoms with Crippen molar-refractivity contribution in [1.29, 1.82) is 0 Å². The van der Waals surface area contributed by atoms with E-state index in [0.717, 1.165) is 31.1 Å². The quantitative estimate of drug-likeness (QED) is 0.844. The Morgan fingerprint density at radius 3 is 3.35 bits per heavy atom. The highest BCUT2D eigenvalue weighted by Crippen LogP contribution is 2.23. The van der Waals surface area contributed by atoms with E-state index in [9.17, 15) is 4.79 Å². The minimum absolute atomic E-state index is 0.251. The van der Waals surface area contributed by atoms with Gasteiger partial charge in [-0.05, 0) is 19.8 Å². The van der Waals surface area contributed by atoms with Crippen LogP contribution in [0.3, 0.4) is 0 Å². The Hall–Kier alpha value is -1.67. The topological polar surface area (TPSA) is 77.8 Å². The zero-order valence-electron chi connectivity index (χ0n) is 11.2. The van der Waals surface area contributed by atoms with E-state index in [4.69, 9.17) is 9.47 Å². The van der Waals surface area contributed by atoms with Gasteiger partial charge in [-0.1, -0.05) is 11.3 Å². The molecule has 20 heavy (non-hydrogen) atoms. The lowest BCUT2D eigenvalue weighted by Crippen LogP contribution is -2.18. The second-order valence-electron chi connectivity index (χ2n) is 4.49. The third kappa shape index (κ3) is 2.61. The Morgan fingerprint density at radius 1 is 1.70 bits per heavy atom. The molecule has 1 saturated heterocycles. The van der Waals surface area contributed by atoms with Crippen LogP contribution in [-0.4, -0.2) is 46.4 Å². The van der Waals surface area contributed by atoms with Gasteiger partial charge in [0.25, 0.3) is 0 Å². The fraction of sp³-hybridized carbons (Fsp3) is 0.583. The molecule has 108 valence electrons. The lowest BCUT2D eigenvalue weighted by Gasteiger charge is -2.08. The Kier molecular flexibility index (Phi) is 3.83. The van der Waals surface area contributed by atoms with Crippen LogP contribution in [0.1, 0.15) is 30.3 Å². The summed E-state index contributed by atoms with van der Waals surface area (Å²) in [6.07, 6.45) is 3.96. The highest BCUT2D eigenvalue weighted by molar-refractivity contribution is 7.21. The summed E-state index contributed by atoms with van der Waals surface area (Å²) in [6, 6.07) is 0. The van der Waals surface area contributed by atoms with Crippen molar-refractivity contribution in [3.8, 4) is 0 Å². The Bertz CT molecular complexity index is 603. The van der Waals surface area contributed by atoms with E-state index in [1.807, 2.05) is 0 Å². The standard InChI is InChI=1S/C12H16N4O3S/c1-2-18-11(17)9-10-16(7-14-9)15-12(20-10)13-6-8-4-3-5-19-8/h7-8H,2-6H2,1H3,(H,13,15). The molecule has 3 rings (SSSR count). The molecule has 2 aromatic heterocycles. The maximum Gasteiger partial charge on any atom is 0.360 e. The number of nitrogens with zero attached hydrogens (tertiary/aromatic N) is 3. The van der Waals surface area contributed by atoms with Crippen molar-refractivity contribution in [2.75, 3.05) is 25.1 Å². The number of carbonyl (C=O) groups excluding carboxylic acids is 1. The van der Waals surface area contributed by atoms with Crippen LogP contribution in [-0.2, 0) is 9.47 Å². The molecule has 0 spiro atoms. The molecule has 1 atom stereocenters. The Labute approximate surface area is 119 Å². The number of fused-ring (bicyclic) bond motifs is 1. The molecule has 2 aromatic rings. The first kappa shape index (κ1) is 13.3. The number of ether oxygens (including phenoxy) is 2. The zero-order chi connectivity index (χ0) is 13.9. The smallest absolute Gasteiger partial charge is 0.360 e. The van der Waals surface area contributed by atoms with Gasteiger partial charge in [0.15, 0.2) is 10.5 Å². The Morgan fingerprint density at radius 2 is 2.60 bits per heavy atom. The first-order chi connectivity index (χ1) is 9.78. The van der Waals surface area contributed by atoms with Gasteiger partial charge in [0, 0.05) is 13.2 Å². The van der Waals surface area contributed by atoms with Gasteiger partial charge < -0.3 is 14.8 Å². The number of hydrogen-bond acceptors (Lipinski definition) is 7. The van der Waals surface area contributed by atoms with Gasteiger partial charge in [0.1, 0.15) is 6.33 Å². The molecule has 0 amide bonds. The van der Waals surface area contributed by atoms with Gasteiger partial charge in [-0.15, -0.1) is 5.10 Å². The molecule has 0 saturated carbocycles. The van der Waals surface area contributed by atoms with Crippen molar-refractivity contribution in [3.63, 3.8) is 0 Å². The zero-order valence-corrected chi connectivity index (χ0v) is 12.0. The van der Waals surface area contributed by atoms with Crippen LogP contribution in [0, 0.1) is 0 Å². The summed E-state index contributed by atoms with van der Waals surface area (Å²) in [5.74, 6) is -0.413. The number of nitrogens with one attached hydrogen (secondary N) is 1. The molecule has 1 aliphatic heterocycles. The van der Waals surface area contributed by atoms with E-state index in [1.165, 1.54) is 17.7 Å². The van der Waals surface area contributed by atoms with Crippen LogP contribution in [0.25, 0.3) is 4.83 Å². The molecule has 0 aromatic carbocycles. The third-order valence-corrected chi connectivity index (χ3v) is 4.07. The molecule has 1 N–H and O–H groups in total. The van der Waals surface area contributed by atoms with Crippen molar-refractivity contribution < 1.29 is 14.3 Å². The van der Waals surface area contributed by atoms with E-state index >= 15 is 0 Å². The van der Waals surface area contributed by atoms with Crippen molar-refractivity contribution in [2.45, 2.75) is 25.9 Å². The van der Waals surface area contributed by atoms with Gasteiger partial charge in [-0.25, -0.2) is 14.3 Å². The minimum Gasteiger partial charge on any atom is -0.461 e. The van der Waals surface area contributed by atoms with E-state index in [0.29, 0.717) is 17.1 Å². The van der Waals surface area contributed by atoms with Crippen LogP contribution in [0.2, 0.25) is 0 Å². The maximum absolute atomic E-state index is 11.7. The van der Waals surface area contributed by atoms with Gasteiger partial charge in [-0.2, -0.15) is 0 Å². The number of carbonyl (C=O) groups is 1.